The molecule has 3 N–H and O–H groups in total. The second kappa shape index (κ2) is 5.34. The SMILES string of the molecule is CC(Nc1cc(N)cc([N+](=O)[O-])c1)c1cccnc1. The number of hydrogen-bond acceptors (Lipinski definition) is 5. The van der Waals surface area contributed by atoms with Crippen molar-refractivity contribution in [1.29, 1.82) is 0 Å². The molecule has 2 rings (SSSR count). The van der Waals surface area contributed by atoms with Crippen LogP contribution in [0.5, 0.6) is 0 Å². The molecule has 1 aromatic heterocycles. The Balaban J connectivity index is 2.21. The van der Waals surface area contributed by atoms with Crippen LogP contribution in [0, 0.1) is 10.1 Å². The highest BCUT2D eigenvalue weighted by Gasteiger charge is 2.11. The number of rotatable bonds is 4. The van der Waals surface area contributed by atoms with Crippen LogP contribution in [0.2, 0.25) is 0 Å². The Morgan fingerprint density at radius 2 is 2.21 bits per heavy atom. The molecule has 0 aliphatic rings. The maximum Gasteiger partial charge on any atom is 0.273 e. The average Bonchev–Trinajstić information content (AvgIpc) is 2.39. The highest BCUT2D eigenvalue weighted by molar-refractivity contribution is 5.62. The Kier molecular flexibility index (Phi) is 3.61. The smallest absolute Gasteiger partial charge is 0.273 e. The maximum atomic E-state index is 10.8. The molecule has 0 aliphatic carbocycles. The summed E-state index contributed by atoms with van der Waals surface area (Å²) in [6.07, 6.45) is 3.44. The standard InChI is InChI=1S/C13H14N4O2/c1-9(10-3-2-4-15-8-10)16-12-5-11(14)6-13(7-12)17(18)19/h2-9,16H,14H2,1H3. The highest BCUT2D eigenvalue weighted by Crippen LogP contribution is 2.25. The Morgan fingerprint density at radius 1 is 1.42 bits per heavy atom. The van der Waals surface area contributed by atoms with Crippen molar-refractivity contribution in [3.63, 3.8) is 0 Å². The normalized spacial score (nSPS) is 11.8. The fourth-order valence-electron chi connectivity index (χ4n) is 1.79. The van der Waals surface area contributed by atoms with E-state index < -0.39 is 4.92 Å². The van der Waals surface area contributed by atoms with Crippen LogP contribution in [0.4, 0.5) is 17.1 Å². The molecule has 0 spiro atoms. The van der Waals surface area contributed by atoms with E-state index in [1.807, 2.05) is 19.1 Å². The molecule has 0 radical (unpaired) electrons. The number of hydrogen-bond donors (Lipinski definition) is 2. The van der Waals surface area contributed by atoms with Gasteiger partial charge in [0.2, 0.25) is 0 Å². The molecule has 0 bridgehead atoms. The van der Waals surface area contributed by atoms with Gasteiger partial charge < -0.3 is 11.1 Å². The number of anilines is 2. The van der Waals surface area contributed by atoms with Gasteiger partial charge in [-0.05, 0) is 24.6 Å². The summed E-state index contributed by atoms with van der Waals surface area (Å²) in [5.74, 6) is 0. The van der Waals surface area contributed by atoms with Crippen molar-refractivity contribution < 1.29 is 4.92 Å². The Hall–Kier alpha value is -2.63. The molecule has 19 heavy (non-hydrogen) atoms. The fraction of sp³-hybridized carbons (Fsp3) is 0.154. The minimum Gasteiger partial charge on any atom is -0.398 e. The first kappa shape index (κ1) is 12.8. The van der Waals surface area contributed by atoms with Gasteiger partial charge in [0, 0.05) is 35.9 Å². The van der Waals surface area contributed by atoms with Crippen LogP contribution in [-0.2, 0) is 0 Å². The van der Waals surface area contributed by atoms with E-state index >= 15 is 0 Å². The first-order valence-electron chi connectivity index (χ1n) is 5.77. The number of aromatic nitrogens is 1. The monoisotopic (exact) mass is 258 g/mol. The van der Waals surface area contributed by atoms with Crippen LogP contribution >= 0.6 is 0 Å². The Bertz CT molecular complexity index is 586. The topological polar surface area (TPSA) is 94.1 Å². The molecule has 0 saturated carbocycles. The maximum absolute atomic E-state index is 10.8. The second-order valence-electron chi connectivity index (χ2n) is 4.22. The molecule has 2 aromatic rings. The quantitative estimate of drug-likeness (QED) is 0.499. The summed E-state index contributed by atoms with van der Waals surface area (Å²) in [4.78, 5) is 14.3. The van der Waals surface area contributed by atoms with Crippen LogP contribution in [0.15, 0.2) is 42.7 Å². The Labute approximate surface area is 110 Å². The van der Waals surface area contributed by atoms with Crippen LogP contribution in [0.1, 0.15) is 18.5 Å². The molecular weight excluding hydrogens is 244 g/mol. The third-order valence-electron chi connectivity index (χ3n) is 2.72. The molecule has 1 atom stereocenters. The van der Waals surface area contributed by atoms with Gasteiger partial charge in [0.15, 0.2) is 0 Å². The number of nitrogens with two attached hydrogens (primary N) is 1. The third-order valence-corrected chi connectivity index (χ3v) is 2.72. The van der Waals surface area contributed by atoms with Gasteiger partial charge in [0.1, 0.15) is 0 Å². The summed E-state index contributed by atoms with van der Waals surface area (Å²) >= 11 is 0. The predicted molar refractivity (Wildman–Crippen MR) is 73.8 cm³/mol. The minimum atomic E-state index is -0.462. The van der Waals surface area contributed by atoms with Crippen LogP contribution in [-0.4, -0.2) is 9.91 Å². The van der Waals surface area contributed by atoms with Gasteiger partial charge in [0.25, 0.3) is 5.69 Å². The fourth-order valence-corrected chi connectivity index (χ4v) is 1.79. The molecule has 0 saturated heterocycles. The lowest BCUT2D eigenvalue weighted by Gasteiger charge is -2.15. The molecule has 6 heteroatoms. The molecule has 0 fully saturated rings. The van der Waals surface area contributed by atoms with Gasteiger partial charge >= 0.3 is 0 Å². The van der Waals surface area contributed by atoms with Gasteiger partial charge in [-0.25, -0.2) is 0 Å². The Morgan fingerprint density at radius 3 is 2.84 bits per heavy atom. The predicted octanol–water partition coefficient (Wildman–Crippen LogP) is 2.75. The number of nitrogen functional groups attached to an aromatic ring is 1. The van der Waals surface area contributed by atoms with E-state index in [4.69, 9.17) is 5.73 Å². The summed E-state index contributed by atoms with van der Waals surface area (Å²) in [6, 6.07) is 8.22. The van der Waals surface area contributed by atoms with E-state index in [-0.39, 0.29) is 11.7 Å². The van der Waals surface area contributed by atoms with E-state index in [2.05, 4.69) is 10.3 Å². The highest BCUT2D eigenvalue weighted by atomic mass is 16.6. The lowest BCUT2D eigenvalue weighted by Crippen LogP contribution is -2.07. The first-order chi connectivity index (χ1) is 9.06. The lowest BCUT2D eigenvalue weighted by atomic mass is 10.1. The van der Waals surface area contributed by atoms with Gasteiger partial charge in [0.05, 0.1) is 11.0 Å². The van der Waals surface area contributed by atoms with Crippen molar-refractivity contribution >= 4 is 17.1 Å². The summed E-state index contributed by atoms with van der Waals surface area (Å²) in [5, 5.41) is 13.9. The van der Waals surface area contributed by atoms with E-state index in [1.54, 1.807) is 18.5 Å². The van der Waals surface area contributed by atoms with Gasteiger partial charge in [-0.1, -0.05) is 6.07 Å². The number of nitrogens with one attached hydrogen (secondary N) is 1. The molecule has 0 amide bonds. The van der Waals surface area contributed by atoms with Crippen molar-refractivity contribution in [2.24, 2.45) is 0 Å². The average molecular weight is 258 g/mol. The number of non-ortho nitro benzene ring substituents is 1. The largest absolute Gasteiger partial charge is 0.398 e. The van der Waals surface area contributed by atoms with Gasteiger partial charge in [-0.3, -0.25) is 15.1 Å². The summed E-state index contributed by atoms with van der Waals surface area (Å²) in [5.41, 5.74) is 7.59. The summed E-state index contributed by atoms with van der Waals surface area (Å²) < 4.78 is 0. The minimum absolute atomic E-state index is 0.0184. The van der Waals surface area contributed by atoms with Crippen molar-refractivity contribution in [2.45, 2.75) is 13.0 Å². The zero-order valence-electron chi connectivity index (χ0n) is 10.4. The number of pyridine rings is 1. The summed E-state index contributed by atoms with van der Waals surface area (Å²) in [6.45, 7) is 1.95. The van der Waals surface area contributed by atoms with Crippen LogP contribution in [0.3, 0.4) is 0 Å². The van der Waals surface area contributed by atoms with Crippen LogP contribution < -0.4 is 11.1 Å². The third kappa shape index (κ3) is 3.19. The van der Waals surface area contributed by atoms with E-state index in [0.29, 0.717) is 11.4 Å². The second-order valence-corrected chi connectivity index (χ2v) is 4.22. The van der Waals surface area contributed by atoms with E-state index in [0.717, 1.165) is 5.56 Å². The van der Waals surface area contributed by atoms with Crippen molar-refractivity contribution in [3.8, 4) is 0 Å². The molecule has 0 aliphatic heterocycles. The molecule has 98 valence electrons. The number of nitro benzene ring substituents is 1. The zero-order chi connectivity index (χ0) is 13.8. The molecular formula is C13H14N4O2. The lowest BCUT2D eigenvalue weighted by molar-refractivity contribution is -0.384. The number of nitro groups is 1. The molecule has 1 unspecified atom stereocenters. The number of nitrogens with zero attached hydrogens (tertiary/aromatic N) is 2. The van der Waals surface area contributed by atoms with Gasteiger partial charge in [-0.2, -0.15) is 0 Å². The number of benzene rings is 1. The van der Waals surface area contributed by atoms with Gasteiger partial charge in [-0.15, -0.1) is 0 Å². The van der Waals surface area contributed by atoms with E-state index in [9.17, 15) is 10.1 Å². The van der Waals surface area contributed by atoms with E-state index in [1.165, 1.54) is 12.1 Å². The molecule has 1 heterocycles. The van der Waals surface area contributed by atoms with Crippen molar-refractivity contribution in [1.82, 2.24) is 4.98 Å². The van der Waals surface area contributed by atoms with Crippen molar-refractivity contribution in [2.75, 3.05) is 11.1 Å². The summed E-state index contributed by atoms with van der Waals surface area (Å²) in [7, 11) is 0. The molecule has 1 aromatic carbocycles. The molecule has 6 nitrogen and oxygen atoms in total. The first-order valence-corrected chi connectivity index (χ1v) is 5.77. The van der Waals surface area contributed by atoms with Crippen LogP contribution in [0.25, 0.3) is 0 Å². The van der Waals surface area contributed by atoms with Crippen molar-refractivity contribution in [3.05, 3.63) is 58.4 Å². The zero-order valence-corrected chi connectivity index (χ0v) is 10.4.